The highest BCUT2D eigenvalue weighted by Gasteiger charge is 2.32. The quantitative estimate of drug-likeness (QED) is 0.821. The van der Waals surface area contributed by atoms with Gasteiger partial charge in [0.15, 0.2) is 0 Å². The molecule has 1 aliphatic carbocycles. The number of halogens is 2. The molecule has 0 atom stereocenters. The van der Waals surface area contributed by atoms with Gasteiger partial charge in [-0.3, -0.25) is 0 Å². The molecule has 0 spiro atoms. The average Bonchev–Trinajstić information content (AvgIpc) is 3.23. The maximum Gasteiger partial charge on any atom is 0.244 e. The van der Waals surface area contributed by atoms with E-state index >= 15 is 0 Å². The summed E-state index contributed by atoms with van der Waals surface area (Å²) in [5.74, 6) is 0.481. The van der Waals surface area contributed by atoms with E-state index in [-0.39, 0.29) is 9.92 Å². The van der Waals surface area contributed by atoms with Crippen molar-refractivity contribution in [3.63, 3.8) is 0 Å². The second-order valence-electron chi connectivity index (χ2n) is 5.31. The topological polar surface area (TPSA) is 49.4 Å². The number of hydrogen-bond acceptors (Lipinski definition) is 3. The van der Waals surface area contributed by atoms with Gasteiger partial charge in [-0.2, -0.15) is 4.31 Å². The molecule has 4 nitrogen and oxygen atoms in total. The SMILES string of the molecule is CCN(CC1CC1)S(=O)(=O)c1cc(Cl)cc(CNC)c1Cl. The van der Waals surface area contributed by atoms with Crippen molar-refractivity contribution in [2.24, 2.45) is 5.92 Å². The lowest BCUT2D eigenvalue weighted by Gasteiger charge is -2.22. The van der Waals surface area contributed by atoms with Crippen LogP contribution in [0.25, 0.3) is 0 Å². The maximum atomic E-state index is 12.8. The smallest absolute Gasteiger partial charge is 0.244 e. The summed E-state index contributed by atoms with van der Waals surface area (Å²) in [5, 5.41) is 3.60. The lowest BCUT2D eigenvalue weighted by atomic mass is 10.2. The summed E-state index contributed by atoms with van der Waals surface area (Å²) < 4.78 is 27.1. The van der Waals surface area contributed by atoms with Gasteiger partial charge in [0.05, 0.1) is 5.02 Å². The van der Waals surface area contributed by atoms with Crippen LogP contribution in [0, 0.1) is 5.92 Å². The summed E-state index contributed by atoms with van der Waals surface area (Å²) >= 11 is 12.4. The Kier molecular flexibility index (Phi) is 5.54. The Morgan fingerprint density at radius 1 is 1.33 bits per heavy atom. The molecule has 7 heteroatoms. The molecule has 1 fully saturated rings. The van der Waals surface area contributed by atoms with E-state index in [9.17, 15) is 8.42 Å². The molecule has 0 aliphatic heterocycles. The van der Waals surface area contributed by atoms with Crippen LogP contribution in [0.15, 0.2) is 17.0 Å². The first-order valence-electron chi connectivity index (χ1n) is 7.02. The predicted octanol–water partition coefficient (Wildman–Crippen LogP) is 3.13. The van der Waals surface area contributed by atoms with Gasteiger partial charge in [0, 0.05) is 24.7 Å². The van der Waals surface area contributed by atoms with Crippen molar-refractivity contribution in [2.75, 3.05) is 20.1 Å². The number of sulfonamides is 1. The van der Waals surface area contributed by atoms with Crippen molar-refractivity contribution in [1.82, 2.24) is 9.62 Å². The van der Waals surface area contributed by atoms with Gasteiger partial charge in [-0.1, -0.05) is 30.1 Å². The van der Waals surface area contributed by atoms with Crippen LogP contribution in [-0.2, 0) is 16.6 Å². The molecular formula is C14H20Cl2N2O2S. The molecule has 2 rings (SSSR count). The van der Waals surface area contributed by atoms with E-state index < -0.39 is 10.0 Å². The third-order valence-corrected chi connectivity index (χ3v) is 6.32. The molecule has 1 N–H and O–H groups in total. The molecule has 0 bridgehead atoms. The zero-order chi connectivity index (χ0) is 15.6. The molecule has 1 aliphatic rings. The van der Waals surface area contributed by atoms with Gasteiger partial charge in [0.2, 0.25) is 10.0 Å². The van der Waals surface area contributed by atoms with E-state index in [2.05, 4.69) is 5.32 Å². The largest absolute Gasteiger partial charge is 0.316 e. The average molecular weight is 351 g/mol. The van der Waals surface area contributed by atoms with Crippen molar-refractivity contribution >= 4 is 33.2 Å². The van der Waals surface area contributed by atoms with Crippen molar-refractivity contribution in [1.29, 1.82) is 0 Å². The minimum absolute atomic E-state index is 0.101. The molecule has 0 amide bonds. The third kappa shape index (κ3) is 3.90. The Morgan fingerprint density at radius 2 is 2.00 bits per heavy atom. The number of hydrogen-bond donors (Lipinski definition) is 1. The summed E-state index contributed by atoms with van der Waals surface area (Å²) in [6.07, 6.45) is 2.20. The second kappa shape index (κ2) is 6.84. The number of benzene rings is 1. The predicted molar refractivity (Wildman–Crippen MR) is 86.4 cm³/mol. The van der Waals surface area contributed by atoms with Gasteiger partial charge < -0.3 is 5.32 Å². The van der Waals surface area contributed by atoms with E-state index in [1.54, 1.807) is 13.1 Å². The zero-order valence-electron chi connectivity index (χ0n) is 12.2. The van der Waals surface area contributed by atoms with Gasteiger partial charge in [0.25, 0.3) is 0 Å². The zero-order valence-corrected chi connectivity index (χ0v) is 14.5. The first-order chi connectivity index (χ1) is 9.90. The fourth-order valence-electron chi connectivity index (χ4n) is 2.25. The second-order valence-corrected chi connectivity index (χ2v) is 8.03. The lowest BCUT2D eigenvalue weighted by Crippen LogP contribution is -2.33. The van der Waals surface area contributed by atoms with E-state index in [0.29, 0.717) is 36.1 Å². The number of rotatable bonds is 7. The highest BCUT2D eigenvalue weighted by molar-refractivity contribution is 7.89. The molecule has 0 radical (unpaired) electrons. The van der Waals surface area contributed by atoms with Gasteiger partial charge in [-0.05, 0) is 43.5 Å². The molecular weight excluding hydrogens is 331 g/mol. The van der Waals surface area contributed by atoms with Crippen LogP contribution in [0.5, 0.6) is 0 Å². The first-order valence-corrected chi connectivity index (χ1v) is 9.22. The molecule has 118 valence electrons. The Labute approximate surface area is 136 Å². The molecule has 1 saturated carbocycles. The molecule has 21 heavy (non-hydrogen) atoms. The van der Waals surface area contributed by atoms with Gasteiger partial charge in [0.1, 0.15) is 4.90 Å². The van der Waals surface area contributed by atoms with Crippen LogP contribution in [0.2, 0.25) is 10.0 Å². The third-order valence-electron chi connectivity index (χ3n) is 3.58. The van der Waals surface area contributed by atoms with E-state index in [0.717, 1.165) is 12.8 Å². The fraction of sp³-hybridized carbons (Fsp3) is 0.571. The molecule has 0 heterocycles. The van der Waals surface area contributed by atoms with Crippen LogP contribution < -0.4 is 5.32 Å². The Balaban J connectivity index is 2.42. The molecule has 0 saturated heterocycles. The van der Waals surface area contributed by atoms with E-state index in [1.165, 1.54) is 10.4 Å². The summed E-state index contributed by atoms with van der Waals surface area (Å²) in [6, 6.07) is 3.13. The summed E-state index contributed by atoms with van der Waals surface area (Å²) in [6.45, 7) is 3.30. The fourth-order valence-corrected chi connectivity index (χ4v) is 4.68. The van der Waals surface area contributed by atoms with Gasteiger partial charge >= 0.3 is 0 Å². The van der Waals surface area contributed by atoms with Crippen molar-refractivity contribution < 1.29 is 8.42 Å². The molecule has 1 aromatic rings. The van der Waals surface area contributed by atoms with Crippen molar-refractivity contribution in [3.05, 3.63) is 27.7 Å². The van der Waals surface area contributed by atoms with Gasteiger partial charge in [-0.15, -0.1) is 0 Å². The highest BCUT2D eigenvalue weighted by atomic mass is 35.5. The molecule has 0 aromatic heterocycles. The molecule has 1 aromatic carbocycles. The van der Waals surface area contributed by atoms with Crippen molar-refractivity contribution in [3.8, 4) is 0 Å². The summed E-state index contributed by atoms with van der Waals surface area (Å²) in [7, 11) is -1.84. The van der Waals surface area contributed by atoms with Crippen LogP contribution in [0.1, 0.15) is 25.3 Å². The van der Waals surface area contributed by atoms with Crippen LogP contribution in [0.3, 0.4) is 0 Å². The van der Waals surface area contributed by atoms with E-state index in [1.807, 2.05) is 6.92 Å². The minimum Gasteiger partial charge on any atom is -0.316 e. The van der Waals surface area contributed by atoms with Crippen LogP contribution in [0.4, 0.5) is 0 Å². The normalized spacial score (nSPS) is 15.7. The van der Waals surface area contributed by atoms with E-state index in [4.69, 9.17) is 23.2 Å². The Bertz CT molecular complexity index is 616. The van der Waals surface area contributed by atoms with Crippen molar-refractivity contribution in [2.45, 2.75) is 31.2 Å². The highest BCUT2D eigenvalue weighted by Crippen LogP contribution is 2.35. The van der Waals surface area contributed by atoms with Crippen LogP contribution in [-0.4, -0.2) is 32.9 Å². The monoisotopic (exact) mass is 350 g/mol. The van der Waals surface area contributed by atoms with Gasteiger partial charge in [-0.25, -0.2) is 8.42 Å². The number of nitrogens with zero attached hydrogens (tertiary/aromatic N) is 1. The van der Waals surface area contributed by atoms with Crippen LogP contribution >= 0.6 is 23.2 Å². The lowest BCUT2D eigenvalue weighted by molar-refractivity contribution is 0.412. The maximum absolute atomic E-state index is 12.8. The Morgan fingerprint density at radius 3 is 2.52 bits per heavy atom. The summed E-state index contributed by atoms with van der Waals surface area (Å²) in [4.78, 5) is 0.101. The number of nitrogens with one attached hydrogen (secondary N) is 1. The first kappa shape index (κ1) is 17.0. The molecule has 0 unspecified atom stereocenters. The Hall–Kier alpha value is -0.330. The minimum atomic E-state index is -3.61. The summed E-state index contributed by atoms with van der Waals surface area (Å²) in [5.41, 5.74) is 0.688. The standard InChI is InChI=1S/C14H20Cl2N2O2S/c1-3-18(9-10-4-5-10)21(19,20)13-7-12(15)6-11(8-17-2)14(13)16/h6-7,10,17H,3-5,8-9H2,1-2H3.